The Morgan fingerprint density at radius 3 is 2.84 bits per heavy atom. The number of rotatable bonds is 5. The lowest BCUT2D eigenvalue weighted by Crippen LogP contribution is -2.25. The highest BCUT2D eigenvalue weighted by molar-refractivity contribution is 6.32. The quantitative estimate of drug-likeness (QED) is 0.821. The van der Waals surface area contributed by atoms with Gasteiger partial charge in [0.05, 0.1) is 31.2 Å². The summed E-state index contributed by atoms with van der Waals surface area (Å²) in [6, 6.07) is 0. The van der Waals surface area contributed by atoms with E-state index < -0.39 is 5.56 Å². The van der Waals surface area contributed by atoms with Crippen molar-refractivity contribution in [2.45, 2.75) is 13.1 Å². The Hall–Kier alpha value is -1.86. The Balaban J connectivity index is 2.13. The van der Waals surface area contributed by atoms with Crippen molar-refractivity contribution in [2.24, 2.45) is 7.05 Å². The van der Waals surface area contributed by atoms with Crippen LogP contribution in [0.3, 0.4) is 0 Å². The molecule has 0 fully saturated rings. The summed E-state index contributed by atoms with van der Waals surface area (Å²) in [6.45, 7) is 0.464. The van der Waals surface area contributed by atoms with Crippen LogP contribution in [0.2, 0.25) is 5.02 Å². The average Bonchev–Trinajstić information content (AvgIpc) is 2.80. The van der Waals surface area contributed by atoms with Gasteiger partial charge in [0.25, 0.3) is 5.56 Å². The van der Waals surface area contributed by atoms with Gasteiger partial charge in [0.1, 0.15) is 5.02 Å². The smallest absolute Gasteiger partial charge is 0.287 e. The fourth-order valence-corrected chi connectivity index (χ4v) is 1.82. The minimum atomic E-state index is -0.424. The van der Waals surface area contributed by atoms with Crippen LogP contribution in [-0.4, -0.2) is 31.3 Å². The van der Waals surface area contributed by atoms with Gasteiger partial charge in [-0.1, -0.05) is 11.6 Å². The maximum atomic E-state index is 11.8. The normalized spacial score (nSPS) is 10.7. The lowest BCUT2D eigenvalue weighted by molar-refractivity contribution is 0.266. The van der Waals surface area contributed by atoms with E-state index in [0.717, 1.165) is 10.2 Å². The Kier molecular flexibility index (Phi) is 4.18. The molecule has 102 valence electrons. The zero-order valence-corrected chi connectivity index (χ0v) is 11.1. The van der Waals surface area contributed by atoms with Gasteiger partial charge in [0.2, 0.25) is 0 Å². The van der Waals surface area contributed by atoms with E-state index in [1.165, 1.54) is 6.20 Å². The second-order valence-corrected chi connectivity index (χ2v) is 4.38. The van der Waals surface area contributed by atoms with Gasteiger partial charge in [-0.05, 0) is 0 Å². The summed E-state index contributed by atoms with van der Waals surface area (Å²) in [5.41, 5.74) is 1.01. The van der Waals surface area contributed by atoms with E-state index in [1.54, 1.807) is 10.9 Å². The molecule has 0 radical (unpaired) electrons. The summed E-state index contributed by atoms with van der Waals surface area (Å²) in [6.07, 6.45) is 5.05. The van der Waals surface area contributed by atoms with E-state index >= 15 is 0 Å². The van der Waals surface area contributed by atoms with Crippen LogP contribution in [0.25, 0.3) is 0 Å². The molecule has 0 aliphatic rings. The van der Waals surface area contributed by atoms with Gasteiger partial charge in [-0.15, -0.1) is 0 Å². The molecule has 0 atom stereocenters. The molecular formula is C11H14ClN5O2. The van der Waals surface area contributed by atoms with Crippen LogP contribution in [0.15, 0.2) is 23.4 Å². The molecule has 2 aromatic rings. The Bertz CT molecular complexity index is 622. The third kappa shape index (κ3) is 3.12. The minimum Gasteiger partial charge on any atom is -0.394 e. The monoisotopic (exact) mass is 283 g/mol. The van der Waals surface area contributed by atoms with Crippen molar-refractivity contribution >= 4 is 17.3 Å². The van der Waals surface area contributed by atoms with Crippen molar-refractivity contribution in [1.29, 1.82) is 0 Å². The summed E-state index contributed by atoms with van der Waals surface area (Å²) in [5.74, 6) is 0. The fraction of sp³-hybridized carbons (Fsp3) is 0.364. The highest BCUT2D eigenvalue weighted by Gasteiger charge is 2.09. The van der Waals surface area contributed by atoms with Crippen LogP contribution >= 0.6 is 11.6 Å². The van der Waals surface area contributed by atoms with E-state index in [2.05, 4.69) is 15.5 Å². The summed E-state index contributed by atoms with van der Waals surface area (Å²) in [4.78, 5) is 11.8. The number of nitrogens with one attached hydrogen (secondary N) is 1. The number of nitrogens with zero attached hydrogens (tertiary/aromatic N) is 4. The van der Waals surface area contributed by atoms with E-state index in [1.807, 2.05) is 13.2 Å². The maximum Gasteiger partial charge on any atom is 0.287 e. The number of aryl methyl sites for hydroxylation is 1. The van der Waals surface area contributed by atoms with Crippen molar-refractivity contribution in [2.75, 3.05) is 11.9 Å². The van der Waals surface area contributed by atoms with E-state index in [-0.39, 0.29) is 18.2 Å². The van der Waals surface area contributed by atoms with E-state index in [9.17, 15) is 4.79 Å². The largest absolute Gasteiger partial charge is 0.394 e. The Morgan fingerprint density at radius 1 is 1.42 bits per heavy atom. The molecule has 2 N–H and O–H groups in total. The molecule has 7 nitrogen and oxygen atoms in total. The molecule has 2 rings (SSSR count). The first-order chi connectivity index (χ1) is 9.11. The molecule has 0 unspecified atom stereocenters. The first-order valence-electron chi connectivity index (χ1n) is 5.69. The maximum absolute atomic E-state index is 11.8. The van der Waals surface area contributed by atoms with Gasteiger partial charge in [-0.3, -0.25) is 9.48 Å². The summed E-state index contributed by atoms with van der Waals surface area (Å²) in [7, 11) is 1.83. The molecule has 0 aliphatic carbocycles. The van der Waals surface area contributed by atoms with Crippen LogP contribution in [0.1, 0.15) is 5.56 Å². The molecular weight excluding hydrogens is 270 g/mol. The predicted octanol–water partition coefficient (Wildman–Crippen LogP) is 0.235. The van der Waals surface area contributed by atoms with Crippen LogP contribution in [0, 0.1) is 0 Å². The van der Waals surface area contributed by atoms with Gasteiger partial charge < -0.3 is 10.4 Å². The number of anilines is 1. The topological polar surface area (TPSA) is 85.0 Å². The minimum absolute atomic E-state index is 0.0624. The molecule has 0 spiro atoms. The van der Waals surface area contributed by atoms with Gasteiger partial charge in [-0.2, -0.15) is 10.2 Å². The molecule has 8 heteroatoms. The molecule has 2 heterocycles. The SMILES string of the molecule is Cn1cc(CNc2cnn(CCO)c(=O)c2Cl)cn1. The first kappa shape index (κ1) is 13.6. The third-order valence-electron chi connectivity index (χ3n) is 2.54. The summed E-state index contributed by atoms with van der Waals surface area (Å²) >= 11 is 5.97. The zero-order chi connectivity index (χ0) is 13.8. The highest BCUT2D eigenvalue weighted by atomic mass is 35.5. The second-order valence-electron chi connectivity index (χ2n) is 4.00. The number of aliphatic hydroxyl groups is 1. The average molecular weight is 284 g/mol. The van der Waals surface area contributed by atoms with Gasteiger partial charge in [0.15, 0.2) is 0 Å². The van der Waals surface area contributed by atoms with Crippen molar-refractivity contribution in [3.05, 3.63) is 39.5 Å². The zero-order valence-electron chi connectivity index (χ0n) is 10.4. The Labute approximate surface area is 114 Å². The second kappa shape index (κ2) is 5.85. The first-order valence-corrected chi connectivity index (χ1v) is 6.07. The van der Waals surface area contributed by atoms with E-state index in [4.69, 9.17) is 16.7 Å². The Morgan fingerprint density at radius 2 is 2.21 bits per heavy atom. The van der Waals surface area contributed by atoms with Crippen molar-refractivity contribution in [1.82, 2.24) is 19.6 Å². The molecule has 0 bridgehead atoms. The number of aliphatic hydroxyl groups excluding tert-OH is 1. The summed E-state index contributed by atoms with van der Waals surface area (Å²) in [5, 5.41) is 19.8. The van der Waals surface area contributed by atoms with Crippen molar-refractivity contribution < 1.29 is 5.11 Å². The van der Waals surface area contributed by atoms with Crippen LogP contribution < -0.4 is 10.9 Å². The molecule has 2 aromatic heterocycles. The molecule has 0 saturated heterocycles. The molecule has 19 heavy (non-hydrogen) atoms. The van der Waals surface area contributed by atoms with Gasteiger partial charge >= 0.3 is 0 Å². The summed E-state index contributed by atoms with van der Waals surface area (Å²) < 4.78 is 2.81. The molecule has 0 aliphatic heterocycles. The van der Waals surface area contributed by atoms with Crippen LogP contribution in [0.5, 0.6) is 0 Å². The number of hydrogen-bond acceptors (Lipinski definition) is 5. The molecule has 0 amide bonds. The molecule has 0 saturated carbocycles. The number of halogens is 1. The lowest BCUT2D eigenvalue weighted by Gasteiger charge is -2.08. The number of hydrogen-bond donors (Lipinski definition) is 2. The lowest BCUT2D eigenvalue weighted by atomic mass is 10.3. The van der Waals surface area contributed by atoms with Crippen LogP contribution in [-0.2, 0) is 20.1 Å². The third-order valence-corrected chi connectivity index (χ3v) is 2.90. The van der Waals surface area contributed by atoms with Crippen molar-refractivity contribution in [3.8, 4) is 0 Å². The van der Waals surface area contributed by atoms with Gasteiger partial charge in [-0.25, -0.2) is 4.68 Å². The fourth-order valence-electron chi connectivity index (χ4n) is 1.60. The van der Waals surface area contributed by atoms with Crippen LogP contribution in [0.4, 0.5) is 5.69 Å². The predicted molar refractivity (Wildman–Crippen MR) is 71.1 cm³/mol. The number of aromatic nitrogens is 4. The highest BCUT2D eigenvalue weighted by Crippen LogP contribution is 2.16. The standard InChI is InChI=1S/C11H14ClN5O2/c1-16-7-8(5-14-16)4-13-9-6-15-17(2-3-18)11(19)10(9)12/h5-7,13,18H,2-4H2,1H3. The van der Waals surface area contributed by atoms with Gasteiger partial charge in [0, 0.05) is 25.4 Å². The van der Waals surface area contributed by atoms with E-state index in [0.29, 0.717) is 12.2 Å². The van der Waals surface area contributed by atoms with Crippen molar-refractivity contribution in [3.63, 3.8) is 0 Å². The molecule has 0 aromatic carbocycles.